The molecule has 3 atom stereocenters. The Morgan fingerprint density at radius 2 is 1.59 bits per heavy atom. The van der Waals surface area contributed by atoms with E-state index in [-0.39, 0.29) is 35.2 Å². The molecule has 156 valence electrons. The third kappa shape index (κ3) is 3.86. The number of rotatable bonds is 4. The maximum absolute atomic E-state index is 13.1. The number of hydrogen-bond donors (Lipinski definition) is 1. The van der Waals surface area contributed by atoms with Crippen molar-refractivity contribution in [1.29, 1.82) is 0 Å². The second-order valence-electron chi connectivity index (χ2n) is 7.88. The van der Waals surface area contributed by atoms with Crippen LogP contribution in [0.4, 0.5) is 4.39 Å². The van der Waals surface area contributed by atoms with Gasteiger partial charge in [-0.2, -0.15) is 4.31 Å². The molecule has 1 aromatic carbocycles. The highest BCUT2D eigenvalue weighted by Crippen LogP contribution is 2.34. The Morgan fingerprint density at radius 1 is 0.966 bits per heavy atom. The SMILES string of the molecule is O=C1[C@H]2CC=CC[C@H]2C(=O)N1C[NH+]1CCCN(S(=O)(=O)c2ccc(F)cc2)CC1. The van der Waals surface area contributed by atoms with Crippen LogP contribution < -0.4 is 4.90 Å². The zero-order valence-electron chi connectivity index (χ0n) is 16.1. The van der Waals surface area contributed by atoms with Crippen LogP contribution in [0.3, 0.4) is 0 Å². The number of quaternary nitrogens is 1. The summed E-state index contributed by atoms with van der Waals surface area (Å²) < 4.78 is 40.2. The smallest absolute Gasteiger partial charge is 0.243 e. The summed E-state index contributed by atoms with van der Waals surface area (Å²) in [4.78, 5) is 27.8. The number of hydrogen-bond acceptors (Lipinski definition) is 4. The number of amides is 2. The minimum Gasteiger partial charge on any atom is -0.316 e. The molecule has 2 saturated heterocycles. The van der Waals surface area contributed by atoms with Gasteiger partial charge in [0.15, 0.2) is 6.67 Å². The molecular formula is C20H25FN3O4S+. The van der Waals surface area contributed by atoms with Crippen LogP contribution in [0.2, 0.25) is 0 Å². The summed E-state index contributed by atoms with van der Waals surface area (Å²) in [7, 11) is -3.69. The van der Waals surface area contributed by atoms with E-state index < -0.39 is 15.8 Å². The van der Waals surface area contributed by atoms with Crippen molar-refractivity contribution in [3.05, 3.63) is 42.2 Å². The summed E-state index contributed by atoms with van der Waals surface area (Å²) in [5.41, 5.74) is 0. The number of allylic oxidation sites excluding steroid dienone is 2. The fourth-order valence-electron chi connectivity index (χ4n) is 4.43. The van der Waals surface area contributed by atoms with Crippen LogP contribution in [0, 0.1) is 17.7 Å². The molecule has 0 bridgehead atoms. The van der Waals surface area contributed by atoms with Crippen LogP contribution in [0.1, 0.15) is 19.3 Å². The first kappa shape index (κ1) is 20.2. The van der Waals surface area contributed by atoms with E-state index in [1.165, 1.54) is 21.3 Å². The molecule has 0 spiro atoms. The summed E-state index contributed by atoms with van der Waals surface area (Å²) in [5, 5.41) is 0. The van der Waals surface area contributed by atoms with E-state index in [1.807, 2.05) is 12.2 Å². The summed E-state index contributed by atoms with van der Waals surface area (Å²) in [5.74, 6) is -1.16. The number of benzene rings is 1. The average Bonchev–Trinajstić information content (AvgIpc) is 2.88. The number of carbonyl (C=O) groups is 2. The average molecular weight is 423 g/mol. The van der Waals surface area contributed by atoms with Gasteiger partial charge in [0, 0.05) is 13.0 Å². The molecule has 1 aliphatic carbocycles. The third-order valence-electron chi connectivity index (χ3n) is 6.08. The van der Waals surface area contributed by atoms with Crippen molar-refractivity contribution in [2.24, 2.45) is 11.8 Å². The van der Waals surface area contributed by atoms with Gasteiger partial charge in [0.25, 0.3) is 0 Å². The number of likely N-dealkylation sites (tertiary alicyclic amines) is 1. The summed E-state index contributed by atoms with van der Waals surface area (Å²) in [6.45, 7) is 2.13. The number of imide groups is 1. The molecule has 1 aromatic rings. The molecule has 1 unspecified atom stereocenters. The fraction of sp³-hybridized carbons (Fsp3) is 0.500. The number of halogens is 1. The van der Waals surface area contributed by atoms with Crippen LogP contribution in [-0.4, -0.2) is 62.3 Å². The molecular weight excluding hydrogens is 397 g/mol. The van der Waals surface area contributed by atoms with Crippen LogP contribution in [-0.2, 0) is 19.6 Å². The van der Waals surface area contributed by atoms with Crippen molar-refractivity contribution in [1.82, 2.24) is 9.21 Å². The molecule has 4 rings (SSSR count). The van der Waals surface area contributed by atoms with Gasteiger partial charge >= 0.3 is 0 Å². The Hall–Kier alpha value is -2.10. The van der Waals surface area contributed by atoms with Crippen molar-refractivity contribution < 1.29 is 27.3 Å². The van der Waals surface area contributed by atoms with E-state index in [1.54, 1.807) is 0 Å². The predicted octanol–water partition coefficient (Wildman–Crippen LogP) is 0.0137. The van der Waals surface area contributed by atoms with Crippen molar-refractivity contribution in [3.8, 4) is 0 Å². The van der Waals surface area contributed by atoms with Gasteiger partial charge in [-0.25, -0.2) is 17.7 Å². The van der Waals surface area contributed by atoms with Crippen LogP contribution in [0.5, 0.6) is 0 Å². The van der Waals surface area contributed by atoms with Gasteiger partial charge in [0.2, 0.25) is 21.8 Å². The monoisotopic (exact) mass is 422 g/mol. The van der Waals surface area contributed by atoms with Gasteiger partial charge < -0.3 is 4.90 Å². The van der Waals surface area contributed by atoms with E-state index in [0.717, 1.165) is 17.0 Å². The van der Waals surface area contributed by atoms with E-state index in [0.29, 0.717) is 45.4 Å². The second kappa shape index (κ2) is 7.97. The Labute approximate surface area is 169 Å². The van der Waals surface area contributed by atoms with Crippen molar-refractivity contribution in [3.63, 3.8) is 0 Å². The minimum absolute atomic E-state index is 0.0730. The van der Waals surface area contributed by atoms with Gasteiger partial charge in [0.05, 0.1) is 36.4 Å². The zero-order valence-corrected chi connectivity index (χ0v) is 16.9. The predicted molar refractivity (Wildman–Crippen MR) is 103 cm³/mol. The molecule has 2 amide bonds. The first-order chi connectivity index (χ1) is 13.9. The number of nitrogens with one attached hydrogen (secondary N) is 1. The number of carbonyl (C=O) groups excluding carboxylic acids is 2. The molecule has 1 N–H and O–H groups in total. The highest BCUT2D eigenvalue weighted by atomic mass is 32.2. The molecule has 0 saturated carbocycles. The minimum atomic E-state index is -3.69. The highest BCUT2D eigenvalue weighted by Gasteiger charge is 2.48. The Bertz CT molecular complexity index is 906. The van der Waals surface area contributed by atoms with E-state index in [9.17, 15) is 22.4 Å². The zero-order chi connectivity index (χ0) is 20.6. The summed E-state index contributed by atoms with van der Waals surface area (Å²) in [6.07, 6.45) is 5.79. The van der Waals surface area contributed by atoms with Crippen LogP contribution in [0.15, 0.2) is 41.3 Å². The summed E-state index contributed by atoms with van der Waals surface area (Å²) >= 11 is 0. The Balaban J connectivity index is 1.41. The quantitative estimate of drug-likeness (QED) is 0.548. The van der Waals surface area contributed by atoms with Gasteiger partial charge in [0.1, 0.15) is 5.82 Å². The Morgan fingerprint density at radius 3 is 2.21 bits per heavy atom. The van der Waals surface area contributed by atoms with Gasteiger partial charge in [-0.15, -0.1) is 0 Å². The molecule has 3 aliphatic rings. The van der Waals surface area contributed by atoms with Crippen molar-refractivity contribution in [2.75, 3.05) is 32.8 Å². The molecule has 7 nitrogen and oxygen atoms in total. The molecule has 2 heterocycles. The number of nitrogens with zero attached hydrogens (tertiary/aromatic N) is 2. The number of sulfonamides is 1. The van der Waals surface area contributed by atoms with E-state index in [4.69, 9.17) is 0 Å². The summed E-state index contributed by atoms with van der Waals surface area (Å²) in [6, 6.07) is 4.83. The van der Waals surface area contributed by atoms with Gasteiger partial charge in [-0.05, 0) is 37.1 Å². The largest absolute Gasteiger partial charge is 0.316 e. The second-order valence-corrected chi connectivity index (χ2v) is 9.82. The van der Waals surface area contributed by atoms with Gasteiger partial charge in [-0.1, -0.05) is 12.2 Å². The maximum Gasteiger partial charge on any atom is 0.243 e. The third-order valence-corrected chi connectivity index (χ3v) is 8.00. The molecule has 2 aliphatic heterocycles. The molecule has 0 radical (unpaired) electrons. The first-order valence-electron chi connectivity index (χ1n) is 9.97. The van der Waals surface area contributed by atoms with Crippen molar-refractivity contribution in [2.45, 2.75) is 24.2 Å². The van der Waals surface area contributed by atoms with E-state index >= 15 is 0 Å². The standard InChI is InChI=1S/C20H24FN3O4S/c21-15-6-8-16(9-7-15)29(27,28)23-11-3-10-22(12-13-23)14-24-19(25)17-4-1-2-5-18(17)20(24)26/h1-2,6-9,17-18H,3-5,10-14H2/p+1/t17-,18+. The lowest BCUT2D eigenvalue weighted by atomic mass is 9.85. The first-order valence-corrected chi connectivity index (χ1v) is 11.4. The Kier molecular flexibility index (Phi) is 5.54. The fourth-order valence-corrected chi connectivity index (χ4v) is 5.91. The van der Waals surface area contributed by atoms with Crippen LogP contribution >= 0.6 is 0 Å². The van der Waals surface area contributed by atoms with Crippen molar-refractivity contribution >= 4 is 21.8 Å². The van der Waals surface area contributed by atoms with E-state index in [2.05, 4.69) is 0 Å². The number of fused-ring (bicyclic) bond motifs is 1. The lowest BCUT2D eigenvalue weighted by Crippen LogP contribution is -3.14. The molecule has 9 heteroatoms. The van der Waals surface area contributed by atoms with Gasteiger partial charge in [-0.3, -0.25) is 9.59 Å². The highest BCUT2D eigenvalue weighted by molar-refractivity contribution is 7.89. The topological polar surface area (TPSA) is 79.2 Å². The lowest BCUT2D eigenvalue weighted by Gasteiger charge is -2.23. The maximum atomic E-state index is 13.1. The van der Waals surface area contributed by atoms with Crippen LogP contribution in [0.25, 0.3) is 0 Å². The lowest BCUT2D eigenvalue weighted by molar-refractivity contribution is -0.905. The molecule has 0 aromatic heterocycles. The molecule has 29 heavy (non-hydrogen) atoms. The normalized spacial score (nSPS) is 28.4. The molecule has 2 fully saturated rings.